The molecule has 0 bridgehead atoms. The maximum atomic E-state index is 12.6. The van der Waals surface area contributed by atoms with Crippen LogP contribution in [0.25, 0.3) is 11.3 Å². The molecule has 0 spiro atoms. The number of halogens is 2. The smallest absolute Gasteiger partial charge is 0.280 e. The van der Waals surface area contributed by atoms with Gasteiger partial charge in [0, 0.05) is 10.6 Å². The third-order valence-electron chi connectivity index (χ3n) is 4.39. The molecule has 3 aromatic rings. The highest BCUT2D eigenvalue weighted by atomic mass is 35.5. The van der Waals surface area contributed by atoms with Crippen LogP contribution in [0.15, 0.2) is 53.6 Å². The number of nitrogens with zero attached hydrogens (tertiary/aromatic N) is 2. The van der Waals surface area contributed by atoms with Crippen LogP contribution in [0.5, 0.6) is 0 Å². The lowest BCUT2D eigenvalue weighted by atomic mass is 10.00. The van der Waals surface area contributed by atoms with E-state index in [0.717, 1.165) is 24.0 Å². The van der Waals surface area contributed by atoms with Crippen LogP contribution < -0.4 is 10.5 Å². The Morgan fingerprint density at radius 3 is 2.54 bits per heavy atom. The van der Waals surface area contributed by atoms with Crippen LogP contribution in [0.4, 0.5) is 11.6 Å². The molecule has 1 aliphatic carbocycles. The van der Waals surface area contributed by atoms with E-state index in [2.05, 4.69) is 14.7 Å². The number of nitrogen functional groups attached to an aromatic ring is 1. The van der Waals surface area contributed by atoms with Crippen molar-refractivity contribution in [3.63, 3.8) is 0 Å². The van der Waals surface area contributed by atoms with E-state index in [9.17, 15) is 8.42 Å². The maximum Gasteiger partial charge on any atom is 0.280 e. The zero-order valence-corrected chi connectivity index (χ0v) is 16.9. The Hall–Kier alpha value is -2.35. The molecule has 0 radical (unpaired) electrons. The normalized spacial score (nSPS) is 14.1. The fraction of sp³-hybridized carbons (Fsp3) is 0.158. The number of nitrogens with two attached hydrogens (primary N) is 1. The highest BCUT2D eigenvalue weighted by Gasteiger charge is 2.28. The summed E-state index contributed by atoms with van der Waals surface area (Å²) in [6, 6.07) is 13.1. The van der Waals surface area contributed by atoms with E-state index in [1.54, 1.807) is 12.1 Å². The molecule has 1 aliphatic rings. The molecule has 1 aromatic carbocycles. The molecule has 0 amide bonds. The lowest BCUT2D eigenvalue weighted by Gasteiger charge is -2.13. The first-order chi connectivity index (χ1) is 13.3. The number of pyridine rings is 2. The van der Waals surface area contributed by atoms with E-state index in [-0.39, 0.29) is 16.7 Å². The molecule has 1 fully saturated rings. The monoisotopic (exact) mass is 434 g/mol. The summed E-state index contributed by atoms with van der Waals surface area (Å²) >= 11 is 12.6. The van der Waals surface area contributed by atoms with Gasteiger partial charge in [0.1, 0.15) is 11.6 Å². The summed E-state index contributed by atoms with van der Waals surface area (Å²) in [5, 5.41) is 0.786. The molecule has 0 atom stereocenters. The molecule has 2 heterocycles. The number of nitrogens with one attached hydrogen (secondary N) is 1. The summed E-state index contributed by atoms with van der Waals surface area (Å²) in [7, 11) is -3.94. The molecule has 2 aromatic heterocycles. The molecule has 6 nitrogen and oxygen atoms in total. The van der Waals surface area contributed by atoms with Crippen molar-refractivity contribution < 1.29 is 8.42 Å². The number of hydrogen-bond donors (Lipinski definition) is 2. The summed E-state index contributed by atoms with van der Waals surface area (Å²) in [4.78, 5) is 8.30. The maximum absolute atomic E-state index is 12.6. The van der Waals surface area contributed by atoms with Gasteiger partial charge in [-0.15, -0.1) is 0 Å². The van der Waals surface area contributed by atoms with Gasteiger partial charge in [0.15, 0.2) is 5.03 Å². The van der Waals surface area contributed by atoms with Gasteiger partial charge in [-0.25, -0.2) is 9.97 Å². The number of hydrogen-bond acceptors (Lipinski definition) is 5. The lowest BCUT2D eigenvalue weighted by molar-refractivity contribution is 0.597. The second-order valence-electron chi connectivity index (χ2n) is 6.54. The van der Waals surface area contributed by atoms with Crippen LogP contribution in [-0.4, -0.2) is 18.4 Å². The van der Waals surface area contributed by atoms with Crippen molar-refractivity contribution in [3.8, 4) is 11.3 Å². The Balaban J connectivity index is 1.74. The topological polar surface area (TPSA) is 98.0 Å². The number of sulfonamides is 1. The molecule has 1 saturated carbocycles. The van der Waals surface area contributed by atoms with E-state index >= 15 is 0 Å². The van der Waals surface area contributed by atoms with Crippen molar-refractivity contribution in [3.05, 3.63) is 64.1 Å². The average molecular weight is 435 g/mol. The Morgan fingerprint density at radius 1 is 1.04 bits per heavy atom. The first kappa shape index (κ1) is 19.0. The van der Waals surface area contributed by atoms with Crippen molar-refractivity contribution in [2.45, 2.75) is 23.8 Å². The number of aromatic nitrogens is 2. The first-order valence-corrected chi connectivity index (χ1v) is 10.8. The van der Waals surface area contributed by atoms with Gasteiger partial charge in [0.25, 0.3) is 10.0 Å². The predicted octanol–water partition coefficient (Wildman–Crippen LogP) is 4.71. The van der Waals surface area contributed by atoms with Crippen LogP contribution in [0.2, 0.25) is 10.0 Å². The quantitative estimate of drug-likeness (QED) is 0.605. The molecule has 0 saturated heterocycles. The fourth-order valence-corrected chi connectivity index (χ4v) is 4.30. The van der Waals surface area contributed by atoms with E-state index < -0.39 is 10.0 Å². The minimum absolute atomic E-state index is 0.112. The molecule has 144 valence electrons. The third-order valence-corrected chi connectivity index (χ3v) is 6.19. The molecule has 4 rings (SSSR count). The second-order valence-corrected chi connectivity index (χ2v) is 9.01. The van der Waals surface area contributed by atoms with Crippen molar-refractivity contribution in [1.29, 1.82) is 0 Å². The molecule has 0 aliphatic heterocycles. The Labute approximate surface area is 172 Å². The largest absolute Gasteiger partial charge is 0.384 e. The first-order valence-electron chi connectivity index (χ1n) is 8.55. The third kappa shape index (κ3) is 3.92. The predicted molar refractivity (Wildman–Crippen MR) is 111 cm³/mol. The van der Waals surface area contributed by atoms with Crippen LogP contribution in [-0.2, 0) is 10.0 Å². The van der Waals surface area contributed by atoms with Crippen molar-refractivity contribution >= 4 is 44.9 Å². The van der Waals surface area contributed by atoms with Gasteiger partial charge in [-0.2, -0.15) is 8.42 Å². The van der Waals surface area contributed by atoms with Gasteiger partial charge >= 0.3 is 0 Å². The summed E-state index contributed by atoms with van der Waals surface area (Å²) in [6.45, 7) is 0. The minimum atomic E-state index is -3.94. The zero-order chi connectivity index (χ0) is 19.9. The van der Waals surface area contributed by atoms with E-state index in [0.29, 0.717) is 21.7 Å². The molecular formula is C19H16Cl2N4O2S. The zero-order valence-electron chi connectivity index (χ0n) is 14.6. The van der Waals surface area contributed by atoms with Gasteiger partial charge in [0.2, 0.25) is 0 Å². The summed E-state index contributed by atoms with van der Waals surface area (Å²) in [5.74, 6) is 0.688. The second kappa shape index (κ2) is 7.24. The van der Waals surface area contributed by atoms with Gasteiger partial charge in [0.05, 0.1) is 10.7 Å². The Kier molecular flexibility index (Phi) is 4.91. The van der Waals surface area contributed by atoms with E-state index in [1.165, 1.54) is 24.3 Å². The average Bonchev–Trinajstić information content (AvgIpc) is 3.48. The minimum Gasteiger partial charge on any atom is -0.384 e. The molecule has 3 N–H and O–H groups in total. The SMILES string of the molecule is Nc1cccc(S(=O)(=O)Nc2ccc(Cl)c(-c3cc(Cl)ccc3C3CC3)n2)n1. The summed E-state index contributed by atoms with van der Waals surface area (Å²) < 4.78 is 27.6. The number of rotatable bonds is 5. The fourth-order valence-electron chi connectivity index (χ4n) is 2.94. The standard InChI is InChI=1S/C19H16Cl2N4O2S/c20-12-6-7-13(11-4-5-11)14(10-12)19-15(21)8-9-17(24-19)25-28(26,27)18-3-1-2-16(22)23-18/h1-3,6-11H,4-5H2,(H2,22,23)(H,24,25). The van der Waals surface area contributed by atoms with Crippen LogP contribution in [0, 0.1) is 0 Å². The van der Waals surface area contributed by atoms with Crippen LogP contribution in [0.1, 0.15) is 24.3 Å². The van der Waals surface area contributed by atoms with Crippen molar-refractivity contribution in [1.82, 2.24) is 9.97 Å². The van der Waals surface area contributed by atoms with Crippen molar-refractivity contribution in [2.75, 3.05) is 10.5 Å². The van der Waals surface area contributed by atoms with Crippen molar-refractivity contribution in [2.24, 2.45) is 0 Å². The molecule has 9 heteroatoms. The number of anilines is 2. The lowest BCUT2D eigenvalue weighted by Crippen LogP contribution is -2.16. The van der Waals surface area contributed by atoms with Gasteiger partial charge in [-0.1, -0.05) is 35.3 Å². The highest BCUT2D eigenvalue weighted by molar-refractivity contribution is 7.92. The van der Waals surface area contributed by atoms with Gasteiger partial charge in [-0.05, 0) is 60.7 Å². The van der Waals surface area contributed by atoms with Crippen LogP contribution in [0.3, 0.4) is 0 Å². The molecule has 0 unspecified atom stereocenters. The van der Waals surface area contributed by atoms with Gasteiger partial charge < -0.3 is 5.73 Å². The highest BCUT2D eigenvalue weighted by Crippen LogP contribution is 2.46. The molecule has 28 heavy (non-hydrogen) atoms. The Bertz CT molecular complexity index is 1160. The van der Waals surface area contributed by atoms with E-state index in [4.69, 9.17) is 28.9 Å². The summed E-state index contributed by atoms with van der Waals surface area (Å²) in [6.07, 6.45) is 2.19. The van der Waals surface area contributed by atoms with Gasteiger partial charge in [-0.3, -0.25) is 4.72 Å². The number of benzene rings is 1. The Morgan fingerprint density at radius 2 is 1.82 bits per heavy atom. The van der Waals surface area contributed by atoms with E-state index in [1.807, 2.05) is 12.1 Å². The molecular weight excluding hydrogens is 419 g/mol. The summed E-state index contributed by atoms with van der Waals surface area (Å²) in [5.41, 5.74) is 7.98. The van der Waals surface area contributed by atoms with Crippen LogP contribution >= 0.6 is 23.2 Å².